The van der Waals surface area contributed by atoms with Crippen molar-refractivity contribution in [2.45, 2.75) is 31.4 Å². The van der Waals surface area contributed by atoms with E-state index in [0.29, 0.717) is 16.8 Å². The van der Waals surface area contributed by atoms with Gasteiger partial charge >= 0.3 is 12.4 Å². The molecule has 0 bridgehead atoms. The number of hydrogen-bond acceptors (Lipinski definition) is 5. The Morgan fingerprint density at radius 1 is 1.08 bits per heavy atom. The molecule has 0 spiro atoms. The summed E-state index contributed by atoms with van der Waals surface area (Å²) in [7, 11) is 0. The maximum absolute atomic E-state index is 13.0. The van der Waals surface area contributed by atoms with Crippen molar-refractivity contribution in [3.05, 3.63) is 64.2 Å². The average Bonchev–Trinajstić information content (AvgIpc) is 3.23. The Hall–Kier alpha value is -3.82. The second kappa shape index (κ2) is 10.0. The number of amides is 1. The van der Waals surface area contributed by atoms with E-state index in [0.717, 1.165) is 35.3 Å². The normalized spacial score (nSPS) is 13.2. The van der Waals surface area contributed by atoms with Gasteiger partial charge in [0, 0.05) is 5.56 Å². The van der Waals surface area contributed by atoms with Crippen LogP contribution in [0.25, 0.3) is 16.9 Å². The fraction of sp³-hybridized carbons (Fsp3) is 0.300. The highest BCUT2D eigenvalue weighted by Crippen LogP contribution is 2.30. The number of alkyl halides is 8. The molecule has 0 saturated heterocycles. The summed E-state index contributed by atoms with van der Waals surface area (Å²) in [5.41, 5.74) is -3.83. The van der Waals surface area contributed by atoms with Crippen LogP contribution in [-0.2, 0) is 12.7 Å². The number of nitrogens with one attached hydrogen (secondary N) is 1. The first-order chi connectivity index (χ1) is 16.7. The minimum atomic E-state index is -5.07. The lowest BCUT2D eigenvalue weighted by molar-refractivity contribution is -0.161. The van der Waals surface area contributed by atoms with Crippen molar-refractivity contribution in [2.75, 3.05) is 6.61 Å². The fourth-order valence-electron chi connectivity index (χ4n) is 2.97. The molecular formula is C20H15F8N5O3. The molecule has 0 aliphatic carbocycles. The third-order valence-electron chi connectivity index (χ3n) is 4.74. The molecule has 1 atom stereocenters. The van der Waals surface area contributed by atoms with E-state index >= 15 is 0 Å². The molecule has 0 fully saturated rings. The van der Waals surface area contributed by atoms with Crippen LogP contribution >= 0.6 is 0 Å². The van der Waals surface area contributed by atoms with Crippen LogP contribution in [0.15, 0.2) is 47.5 Å². The zero-order valence-corrected chi connectivity index (χ0v) is 17.7. The zero-order chi connectivity index (χ0) is 26.8. The third kappa shape index (κ3) is 6.05. The number of aromatic nitrogens is 4. The van der Waals surface area contributed by atoms with Crippen LogP contribution in [0, 0.1) is 0 Å². The second-order valence-electron chi connectivity index (χ2n) is 7.30. The lowest BCUT2D eigenvalue weighted by Crippen LogP contribution is -2.49. The number of aliphatic hydroxyl groups excluding tert-OH is 1. The van der Waals surface area contributed by atoms with Crippen molar-refractivity contribution in [2.24, 2.45) is 0 Å². The van der Waals surface area contributed by atoms with E-state index in [-0.39, 0.29) is 16.9 Å². The number of benzene rings is 1. The smallest absolute Gasteiger partial charge is 0.394 e. The molecule has 1 aromatic carbocycles. The van der Waals surface area contributed by atoms with Gasteiger partial charge in [-0.25, -0.2) is 8.78 Å². The van der Waals surface area contributed by atoms with E-state index in [1.165, 1.54) is 5.32 Å². The second-order valence-corrected chi connectivity index (χ2v) is 7.30. The van der Waals surface area contributed by atoms with Crippen LogP contribution in [0.4, 0.5) is 35.1 Å². The molecule has 2 aromatic heterocycles. The van der Waals surface area contributed by atoms with Crippen LogP contribution < -0.4 is 10.9 Å². The largest absolute Gasteiger partial charge is 0.416 e. The lowest BCUT2D eigenvalue weighted by atomic mass is 10.1. The van der Waals surface area contributed by atoms with E-state index in [9.17, 15) is 44.7 Å². The maximum Gasteiger partial charge on any atom is 0.416 e. The van der Waals surface area contributed by atoms with Gasteiger partial charge in [-0.05, 0) is 18.2 Å². The Labute approximate surface area is 195 Å². The van der Waals surface area contributed by atoms with Gasteiger partial charge in [-0.1, -0.05) is 12.1 Å². The minimum absolute atomic E-state index is 0.0553. The molecule has 0 radical (unpaired) electrons. The van der Waals surface area contributed by atoms with Crippen LogP contribution in [0.5, 0.6) is 0 Å². The quantitative estimate of drug-likeness (QED) is 0.462. The predicted octanol–water partition coefficient (Wildman–Crippen LogP) is 3.03. The van der Waals surface area contributed by atoms with Gasteiger partial charge in [0.25, 0.3) is 17.9 Å². The van der Waals surface area contributed by atoms with Gasteiger partial charge in [0.2, 0.25) is 0 Å². The number of nitrogens with zero attached hydrogens (tertiary/aromatic N) is 4. The molecule has 0 saturated carbocycles. The molecule has 194 valence electrons. The highest BCUT2D eigenvalue weighted by Gasteiger charge is 2.40. The first kappa shape index (κ1) is 26.8. The summed E-state index contributed by atoms with van der Waals surface area (Å²) in [6.07, 6.45) is -10.7. The SMILES string of the molecule is O=C(N[C@H](CO)C(F)(F)F)c1cc(-c2ccc(C(F)(F)F)cc2)nn(-c2cnn(CC(F)F)c2)c1=O. The van der Waals surface area contributed by atoms with Crippen LogP contribution in [-0.4, -0.2) is 55.8 Å². The highest BCUT2D eigenvalue weighted by molar-refractivity contribution is 5.95. The molecule has 1 amide bonds. The van der Waals surface area contributed by atoms with E-state index in [4.69, 9.17) is 5.11 Å². The minimum Gasteiger partial charge on any atom is -0.394 e. The van der Waals surface area contributed by atoms with Gasteiger partial charge in [0.1, 0.15) is 23.8 Å². The molecule has 8 nitrogen and oxygen atoms in total. The summed E-state index contributed by atoms with van der Waals surface area (Å²) in [4.78, 5) is 25.4. The van der Waals surface area contributed by atoms with Crippen molar-refractivity contribution in [1.82, 2.24) is 24.9 Å². The summed E-state index contributed by atoms with van der Waals surface area (Å²) in [5, 5.41) is 18.0. The first-order valence-corrected chi connectivity index (χ1v) is 9.82. The van der Waals surface area contributed by atoms with Gasteiger partial charge in [-0.3, -0.25) is 14.3 Å². The molecule has 36 heavy (non-hydrogen) atoms. The molecular weight excluding hydrogens is 510 g/mol. The summed E-state index contributed by atoms with van der Waals surface area (Å²) in [6.45, 7) is -2.41. The molecule has 2 heterocycles. The number of rotatable bonds is 7. The Kier molecular flexibility index (Phi) is 7.47. The zero-order valence-electron chi connectivity index (χ0n) is 17.7. The Balaban J connectivity index is 2.13. The molecule has 3 rings (SSSR count). The number of aliphatic hydroxyl groups is 1. The lowest BCUT2D eigenvalue weighted by Gasteiger charge is -2.19. The Morgan fingerprint density at radius 3 is 2.25 bits per heavy atom. The summed E-state index contributed by atoms with van der Waals surface area (Å²) < 4.78 is 104. The molecule has 0 aliphatic heterocycles. The summed E-state index contributed by atoms with van der Waals surface area (Å²) >= 11 is 0. The van der Waals surface area contributed by atoms with E-state index in [2.05, 4.69) is 10.2 Å². The van der Waals surface area contributed by atoms with Gasteiger partial charge in [-0.2, -0.15) is 41.2 Å². The molecule has 0 unspecified atom stereocenters. The van der Waals surface area contributed by atoms with Crippen molar-refractivity contribution in [3.8, 4) is 16.9 Å². The summed E-state index contributed by atoms with van der Waals surface area (Å²) in [5.74, 6) is -1.57. The highest BCUT2D eigenvalue weighted by atomic mass is 19.4. The van der Waals surface area contributed by atoms with E-state index in [1.54, 1.807) is 0 Å². The van der Waals surface area contributed by atoms with Crippen LogP contribution in [0.3, 0.4) is 0 Å². The number of hydrogen-bond donors (Lipinski definition) is 2. The predicted molar refractivity (Wildman–Crippen MR) is 106 cm³/mol. The fourth-order valence-corrected chi connectivity index (χ4v) is 2.97. The molecule has 3 aromatic rings. The average molecular weight is 525 g/mol. The van der Waals surface area contributed by atoms with Crippen molar-refractivity contribution < 1.29 is 45.0 Å². The maximum atomic E-state index is 13.0. The van der Waals surface area contributed by atoms with Crippen LogP contribution in [0.2, 0.25) is 0 Å². The Bertz CT molecular complexity index is 1280. The van der Waals surface area contributed by atoms with Crippen LogP contribution in [0.1, 0.15) is 15.9 Å². The molecule has 2 N–H and O–H groups in total. The standard InChI is InChI=1S/C20H15F8N5O3/c21-16(22)8-32-7-12(6-29-32)33-18(36)13(17(35)30-15(9-34)20(26,27)28)5-14(31-33)10-1-3-11(4-2-10)19(23,24)25/h1-7,15-16,34H,8-9H2,(H,30,35)/t15-/m1/s1. The number of carbonyl (C=O) groups is 1. The monoisotopic (exact) mass is 525 g/mol. The van der Waals surface area contributed by atoms with Gasteiger partial charge in [-0.15, -0.1) is 0 Å². The topological polar surface area (TPSA) is 102 Å². The van der Waals surface area contributed by atoms with Gasteiger partial charge < -0.3 is 10.4 Å². The van der Waals surface area contributed by atoms with Crippen molar-refractivity contribution in [3.63, 3.8) is 0 Å². The summed E-state index contributed by atoms with van der Waals surface area (Å²) in [6, 6.07) is 1.29. The van der Waals surface area contributed by atoms with Crippen molar-refractivity contribution >= 4 is 5.91 Å². The molecule has 16 heteroatoms. The van der Waals surface area contributed by atoms with Gasteiger partial charge in [0.05, 0.1) is 30.3 Å². The molecule has 0 aliphatic rings. The van der Waals surface area contributed by atoms with Crippen molar-refractivity contribution in [1.29, 1.82) is 0 Å². The van der Waals surface area contributed by atoms with Gasteiger partial charge in [0.15, 0.2) is 0 Å². The first-order valence-electron chi connectivity index (χ1n) is 9.82. The number of halogens is 8. The van der Waals surface area contributed by atoms with E-state index < -0.39 is 60.6 Å². The van der Waals surface area contributed by atoms with E-state index in [1.807, 2.05) is 0 Å². The number of carbonyl (C=O) groups excluding carboxylic acids is 1. The third-order valence-corrected chi connectivity index (χ3v) is 4.74. The Morgan fingerprint density at radius 2 is 1.72 bits per heavy atom.